The van der Waals surface area contributed by atoms with Crippen molar-refractivity contribution in [2.75, 3.05) is 24.6 Å². The van der Waals surface area contributed by atoms with Crippen LogP contribution in [0.5, 0.6) is 11.6 Å². The van der Waals surface area contributed by atoms with Gasteiger partial charge in [-0.1, -0.05) is 12.1 Å². The van der Waals surface area contributed by atoms with Gasteiger partial charge in [0.15, 0.2) is 0 Å². The van der Waals surface area contributed by atoms with E-state index in [0.29, 0.717) is 25.6 Å². The van der Waals surface area contributed by atoms with E-state index in [1.807, 2.05) is 48.9 Å². The summed E-state index contributed by atoms with van der Waals surface area (Å²) in [5, 5.41) is 4.56. The highest BCUT2D eigenvalue weighted by Crippen LogP contribution is 2.35. The fourth-order valence-corrected chi connectivity index (χ4v) is 8.47. The third-order valence-electron chi connectivity index (χ3n) is 11.9. The molecule has 59 heavy (non-hydrogen) atoms. The van der Waals surface area contributed by atoms with Crippen LogP contribution >= 0.6 is 0 Å². The van der Waals surface area contributed by atoms with Crippen LogP contribution in [0.1, 0.15) is 58.5 Å². The Morgan fingerprint density at radius 3 is 2.39 bits per heavy atom. The minimum absolute atomic E-state index is 0.0511. The first-order valence-corrected chi connectivity index (χ1v) is 20.0. The summed E-state index contributed by atoms with van der Waals surface area (Å²) in [6.07, 6.45) is 10.9. The van der Waals surface area contributed by atoms with Crippen LogP contribution in [-0.4, -0.2) is 92.1 Å². The Labute approximate surface area is 339 Å². The van der Waals surface area contributed by atoms with Gasteiger partial charge in [0.25, 0.3) is 11.8 Å². The molecule has 4 amide bonds. The lowest BCUT2D eigenvalue weighted by atomic mass is 9.92. The van der Waals surface area contributed by atoms with Crippen LogP contribution in [-0.2, 0) is 27.8 Å². The van der Waals surface area contributed by atoms with E-state index in [9.17, 15) is 19.2 Å². The molecule has 1 aliphatic carbocycles. The molecule has 6 aromatic rings. The minimum atomic E-state index is -0.980. The predicted octanol–water partition coefficient (Wildman–Crippen LogP) is 5.41. The molecule has 1 N–H and O–H groups in total. The van der Waals surface area contributed by atoms with Gasteiger partial charge < -0.3 is 23.7 Å². The van der Waals surface area contributed by atoms with Crippen molar-refractivity contribution in [3.05, 3.63) is 108 Å². The van der Waals surface area contributed by atoms with E-state index < -0.39 is 29.7 Å². The molecular weight excluding hydrogens is 751 g/mol. The van der Waals surface area contributed by atoms with E-state index >= 15 is 0 Å². The second-order valence-corrected chi connectivity index (χ2v) is 15.7. The summed E-state index contributed by atoms with van der Waals surface area (Å²) in [6.45, 7) is 1.93. The average molecular weight is 792 g/mol. The first kappa shape index (κ1) is 36.7. The Hall–Kier alpha value is -6.67. The van der Waals surface area contributed by atoms with Crippen LogP contribution in [0.15, 0.2) is 91.5 Å². The Balaban J connectivity index is 0.633. The molecule has 2 saturated heterocycles. The molecule has 298 valence electrons. The SMILES string of the molecule is Cn1c2ccncc2c2ccc(-c3ccc(O[C@H]4C[C@H](Oc5ccc(CCCOC6CN(c7ccc8c(c7)C(=O)N(C7CCC(=O)NC7=O)C8=O)C6)nc5)C4)nc3)cc21. The Bertz CT molecular complexity index is 2630. The van der Waals surface area contributed by atoms with Crippen LogP contribution in [0.4, 0.5) is 5.69 Å². The van der Waals surface area contributed by atoms with Gasteiger partial charge in [-0.05, 0) is 73.4 Å². The van der Waals surface area contributed by atoms with E-state index in [4.69, 9.17) is 14.2 Å². The summed E-state index contributed by atoms with van der Waals surface area (Å²) < 4.78 is 20.6. The lowest BCUT2D eigenvalue weighted by molar-refractivity contribution is -0.136. The quantitative estimate of drug-likeness (QED) is 0.125. The summed E-state index contributed by atoms with van der Waals surface area (Å²) in [6, 6.07) is 20.6. The summed E-state index contributed by atoms with van der Waals surface area (Å²) in [5.41, 5.74) is 6.78. The van der Waals surface area contributed by atoms with Crippen LogP contribution in [0.3, 0.4) is 0 Å². The number of hydrogen-bond acceptors (Lipinski definition) is 11. The van der Waals surface area contributed by atoms with Gasteiger partial charge in [-0.25, -0.2) is 4.98 Å². The molecule has 3 aliphatic heterocycles. The number of aromatic nitrogens is 4. The third kappa shape index (κ3) is 6.92. The first-order valence-electron chi connectivity index (χ1n) is 20.0. The summed E-state index contributed by atoms with van der Waals surface area (Å²) in [4.78, 5) is 66.7. The van der Waals surface area contributed by atoms with Crippen molar-refractivity contribution in [2.24, 2.45) is 7.05 Å². The maximum absolute atomic E-state index is 13.2. The summed E-state index contributed by atoms with van der Waals surface area (Å²) >= 11 is 0. The van der Waals surface area contributed by atoms with Gasteiger partial charge in [-0.15, -0.1) is 0 Å². The zero-order valence-electron chi connectivity index (χ0n) is 32.4. The molecule has 0 radical (unpaired) electrons. The molecule has 1 atom stereocenters. The number of imide groups is 2. The molecular formula is C45H41N7O7. The van der Waals surface area contributed by atoms with Crippen LogP contribution in [0.2, 0.25) is 0 Å². The number of ether oxygens (including phenoxy) is 3. The van der Waals surface area contributed by atoms with E-state index in [0.717, 1.165) is 75.3 Å². The zero-order valence-corrected chi connectivity index (χ0v) is 32.4. The Kier molecular flexibility index (Phi) is 9.27. The van der Waals surface area contributed by atoms with Gasteiger partial charge >= 0.3 is 0 Å². The highest BCUT2D eigenvalue weighted by atomic mass is 16.5. The smallest absolute Gasteiger partial charge is 0.262 e. The number of rotatable bonds is 12. The monoisotopic (exact) mass is 791 g/mol. The first-order chi connectivity index (χ1) is 28.8. The van der Waals surface area contributed by atoms with Crippen molar-refractivity contribution in [1.29, 1.82) is 0 Å². The Morgan fingerprint density at radius 1 is 0.763 bits per heavy atom. The Morgan fingerprint density at radius 2 is 1.59 bits per heavy atom. The number of anilines is 1. The largest absolute Gasteiger partial charge is 0.489 e. The fraction of sp³-hybridized carbons (Fsp3) is 0.311. The zero-order chi connectivity index (χ0) is 40.2. The summed E-state index contributed by atoms with van der Waals surface area (Å²) in [7, 11) is 2.08. The maximum atomic E-state index is 13.2. The van der Waals surface area contributed by atoms with Gasteiger partial charge in [0.2, 0.25) is 17.7 Å². The average Bonchev–Trinajstić information content (AvgIpc) is 3.64. The standard InChI is InChI=1S/C45H41N7O7/c1-50-38-14-15-46-23-37(38)34-9-4-26(17-40(34)50)27-5-13-42(48-21-27)59-32-19-31(20-32)58-30-8-6-28(47-22-30)3-2-16-57-33-24-51(25-33)29-7-10-35-36(18-29)45(56)52(44(35)55)39-11-12-41(53)49-43(39)54/h4-10,13-15,17-18,21-23,31-33,39H,2-3,11-12,16,19-20,24-25H2,1H3,(H,49,53,54)/t31-,32-,39?. The van der Waals surface area contributed by atoms with Crippen LogP contribution in [0.25, 0.3) is 32.9 Å². The second-order valence-electron chi connectivity index (χ2n) is 15.7. The molecule has 4 aliphatic rings. The van der Waals surface area contributed by atoms with Crippen molar-refractivity contribution < 1.29 is 33.4 Å². The molecule has 1 saturated carbocycles. The van der Waals surface area contributed by atoms with Crippen molar-refractivity contribution in [3.8, 4) is 22.8 Å². The van der Waals surface area contributed by atoms with Crippen LogP contribution < -0.4 is 19.7 Å². The number of fused-ring (bicyclic) bond motifs is 4. The number of carbonyl (C=O) groups is 4. The topological polar surface area (TPSA) is 158 Å². The van der Waals surface area contributed by atoms with Gasteiger partial charge in [0.1, 0.15) is 24.0 Å². The number of nitrogens with zero attached hydrogens (tertiary/aromatic N) is 6. The number of amides is 4. The van der Waals surface area contributed by atoms with E-state index in [1.165, 1.54) is 5.39 Å². The fourth-order valence-electron chi connectivity index (χ4n) is 8.47. The normalized spacial score (nSPS) is 20.5. The molecule has 0 bridgehead atoms. The van der Waals surface area contributed by atoms with E-state index in [-0.39, 0.29) is 42.3 Å². The maximum Gasteiger partial charge on any atom is 0.262 e. The molecule has 10 rings (SSSR count). The van der Waals surface area contributed by atoms with Gasteiger partial charge in [-0.2, -0.15) is 0 Å². The van der Waals surface area contributed by atoms with E-state index in [1.54, 1.807) is 18.3 Å². The molecule has 2 aromatic carbocycles. The van der Waals surface area contributed by atoms with Crippen molar-refractivity contribution in [1.82, 2.24) is 29.7 Å². The lowest BCUT2D eigenvalue weighted by Gasteiger charge is -2.40. The van der Waals surface area contributed by atoms with Crippen LogP contribution in [0, 0.1) is 0 Å². The van der Waals surface area contributed by atoms with Crippen molar-refractivity contribution in [2.45, 2.75) is 62.9 Å². The third-order valence-corrected chi connectivity index (χ3v) is 11.9. The van der Waals surface area contributed by atoms with E-state index in [2.05, 4.69) is 61.0 Å². The number of hydrogen-bond donors (Lipinski definition) is 1. The number of carbonyl (C=O) groups excluding carboxylic acids is 4. The van der Waals surface area contributed by atoms with Gasteiger partial charge in [0, 0.05) is 104 Å². The predicted molar refractivity (Wildman–Crippen MR) is 217 cm³/mol. The van der Waals surface area contributed by atoms with Crippen molar-refractivity contribution in [3.63, 3.8) is 0 Å². The summed E-state index contributed by atoms with van der Waals surface area (Å²) in [5.74, 6) is -0.682. The number of piperidine rings is 1. The number of nitrogens with one attached hydrogen (secondary N) is 1. The van der Waals surface area contributed by atoms with Gasteiger partial charge in [-0.3, -0.25) is 39.4 Å². The number of aryl methyl sites for hydroxylation is 2. The van der Waals surface area contributed by atoms with Crippen molar-refractivity contribution >= 4 is 51.1 Å². The molecule has 1 unspecified atom stereocenters. The molecule has 3 fully saturated rings. The molecule has 14 heteroatoms. The highest BCUT2D eigenvalue weighted by Gasteiger charge is 2.45. The molecule has 14 nitrogen and oxygen atoms in total. The minimum Gasteiger partial charge on any atom is -0.489 e. The number of benzene rings is 2. The lowest BCUT2D eigenvalue weighted by Crippen LogP contribution is -2.54. The molecule has 7 heterocycles. The number of pyridine rings is 3. The van der Waals surface area contributed by atoms with Gasteiger partial charge in [0.05, 0.1) is 28.9 Å². The second kappa shape index (κ2) is 14.9. The molecule has 4 aromatic heterocycles. The highest BCUT2D eigenvalue weighted by molar-refractivity contribution is 6.23. The molecule has 0 spiro atoms.